The lowest BCUT2D eigenvalue weighted by molar-refractivity contribution is 0.199. The summed E-state index contributed by atoms with van der Waals surface area (Å²) in [4.78, 5) is 27.8. The fourth-order valence-corrected chi connectivity index (χ4v) is 4.61. The summed E-state index contributed by atoms with van der Waals surface area (Å²) in [5, 5.41) is 3.20. The Bertz CT molecular complexity index is 1220. The Morgan fingerprint density at radius 2 is 1.53 bits per heavy atom. The Labute approximate surface area is 200 Å². The molecule has 3 N–H and O–H groups in total. The molecular formula is C26H32N8. The van der Waals surface area contributed by atoms with Gasteiger partial charge in [-0.25, -0.2) is 19.9 Å². The van der Waals surface area contributed by atoms with Crippen molar-refractivity contribution < 1.29 is 0 Å². The van der Waals surface area contributed by atoms with Gasteiger partial charge in [0.2, 0.25) is 0 Å². The van der Waals surface area contributed by atoms with Crippen LogP contribution in [0.4, 0.5) is 0 Å². The maximum Gasteiger partial charge on any atom is 0.159 e. The lowest BCUT2D eigenvalue weighted by Gasteiger charge is -2.26. The lowest BCUT2D eigenvalue weighted by Crippen LogP contribution is -2.30. The van der Waals surface area contributed by atoms with E-state index in [0.717, 1.165) is 52.7 Å². The number of aromatic amines is 2. The molecule has 4 aromatic rings. The maximum absolute atomic E-state index is 4.68. The summed E-state index contributed by atoms with van der Waals surface area (Å²) in [6.45, 7) is 7.70. The highest BCUT2D eigenvalue weighted by atomic mass is 15.2. The number of imidazole rings is 2. The monoisotopic (exact) mass is 456 g/mol. The van der Waals surface area contributed by atoms with Crippen LogP contribution in [0, 0.1) is 0 Å². The summed E-state index contributed by atoms with van der Waals surface area (Å²) in [7, 11) is 1.92. The van der Waals surface area contributed by atoms with E-state index in [1.54, 1.807) is 0 Å². The zero-order chi connectivity index (χ0) is 23.7. The largest absolute Gasteiger partial charge is 0.341 e. The highest BCUT2D eigenvalue weighted by molar-refractivity contribution is 5.66. The van der Waals surface area contributed by atoms with Crippen molar-refractivity contribution in [1.29, 1.82) is 0 Å². The van der Waals surface area contributed by atoms with Gasteiger partial charge in [0.05, 0.1) is 35.9 Å². The predicted octanol–water partition coefficient (Wildman–Crippen LogP) is 4.75. The first-order chi connectivity index (χ1) is 16.5. The van der Waals surface area contributed by atoms with Gasteiger partial charge in [0.25, 0.3) is 0 Å². The molecular weight excluding hydrogens is 424 g/mol. The summed E-state index contributed by atoms with van der Waals surface area (Å²) in [6.07, 6.45) is 9.85. The Morgan fingerprint density at radius 3 is 2.24 bits per heavy atom. The highest BCUT2D eigenvalue weighted by Gasteiger charge is 2.30. The van der Waals surface area contributed by atoms with Crippen molar-refractivity contribution in [2.75, 3.05) is 13.6 Å². The van der Waals surface area contributed by atoms with Crippen LogP contribution in [0.5, 0.6) is 0 Å². The van der Waals surface area contributed by atoms with Crippen LogP contribution in [0.15, 0.2) is 49.1 Å². The van der Waals surface area contributed by atoms with Gasteiger partial charge in [-0.3, -0.25) is 4.90 Å². The van der Waals surface area contributed by atoms with E-state index >= 15 is 0 Å². The summed E-state index contributed by atoms with van der Waals surface area (Å²) >= 11 is 0. The van der Waals surface area contributed by atoms with Gasteiger partial charge < -0.3 is 15.3 Å². The number of rotatable bonds is 7. The van der Waals surface area contributed by atoms with Crippen LogP contribution in [0.3, 0.4) is 0 Å². The number of nitrogens with zero attached hydrogens (tertiary/aromatic N) is 5. The van der Waals surface area contributed by atoms with Crippen molar-refractivity contribution in [3.8, 4) is 33.9 Å². The van der Waals surface area contributed by atoms with Gasteiger partial charge in [-0.1, -0.05) is 24.3 Å². The van der Waals surface area contributed by atoms with E-state index in [4.69, 9.17) is 0 Å². The molecule has 34 heavy (non-hydrogen) atoms. The topological polar surface area (TPSA) is 98.4 Å². The van der Waals surface area contributed by atoms with Crippen LogP contribution in [0.1, 0.15) is 57.3 Å². The zero-order valence-electron chi connectivity index (χ0n) is 20.2. The van der Waals surface area contributed by atoms with Gasteiger partial charge in [0.1, 0.15) is 11.6 Å². The molecule has 0 radical (unpaired) electrons. The molecule has 0 aliphatic carbocycles. The fraction of sp³-hybridized carbons (Fsp3) is 0.385. The molecule has 8 heteroatoms. The van der Waals surface area contributed by atoms with Crippen LogP contribution in [-0.2, 0) is 0 Å². The zero-order valence-corrected chi connectivity index (χ0v) is 20.2. The Balaban J connectivity index is 1.30. The summed E-state index contributed by atoms with van der Waals surface area (Å²) in [5.41, 5.74) is 4.95. The molecule has 0 spiro atoms. The van der Waals surface area contributed by atoms with Crippen LogP contribution < -0.4 is 5.32 Å². The Kier molecular flexibility index (Phi) is 6.26. The minimum atomic E-state index is 0.179. The average molecular weight is 457 g/mol. The first kappa shape index (κ1) is 22.4. The van der Waals surface area contributed by atoms with Crippen LogP contribution >= 0.6 is 0 Å². The Hall–Kier alpha value is -3.36. The highest BCUT2D eigenvalue weighted by Crippen LogP contribution is 2.33. The minimum absolute atomic E-state index is 0.179. The quantitative estimate of drug-likeness (QED) is 0.371. The fourth-order valence-electron chi connectivity index (χ4n) is 4.61. The van der Waals surface area contributed by atoms with Crippen molar-refractivity contribution in [2.45, 2.75) is 51.7 Å². The van der Waals surface area contributed by atoms with E-state index in [2.05, 4.69) is 73.0 Å². The van der Waals surface area contributed by atoms with Crippen LogP contribution in [-0.4, -0.2) is 54.4 Å². The van der Waals surface area contributed by atoms with E-state index in [1.807, 2.05) is 44.0 Å². The molecule has 1 aromatic carbocycles. The number of nitrogens with one attached hydrogen (secondary N) is 3. The van der Waals surface area contributed by atoms with Gasteiger partial charge in [0.15, 0.2) is 5.82 Å². The third-order valence-corrected chi connectivity index (χ3v) is 6.72. The van der Waals surface area contributed by atoms with E-state index in [1.165, 1.54) is 6.42 Å². The molecule has 0 bridgehead atoms. The van der Waals surface area contributed by atoms with Gasteiger partial charge in [0, 0.05) is 29.6 Å². The van der Waals surface area contributed by atoms with Crippen molar-refractivity contribution >= 4 is 0 Å². The first-order valence-corrected chi connectivity index (χ1v) is 12.0. The summed E-state index contributed by atoms with van der Waals surface area (Å²) in [5.74, 6) is 2.66. The van der Waals surface area contributed by atoms with Gasteiger partial charge in [-0.05, 0) is 52.8 Å². The molecule has 2 atom stereocenters. The van der Waals surface area contributed by atoms with Crippen molar-refractivity contribution in [3.05, 3.63) is 60.7 Å². The van der Waals surface area contributed by atoms with E-state index in [-0.39, 0.29) is 6.04 Å². The lowest BCUT2D eigenvalue weighted by atomic mass is 10.1. The average Bonchev–Trinajstić information content (AvgIpc) is 3.64. The number of aromatic nitrogens is 6. The molecule has 5 rings (SSSR count). The molecule has 1 fully saturated rings. The number of likely N-dealkylation sites (tertiary alicyclic amines) is 1. The van der Waals surface area contributed by atoms with Crippen molar-refractivity contribution in [3.63, 3.8) is 0 Å². The number of hydrogen-bond acceptors (Lipinski definition) is 6. The second-order valence-corrected chi connectivity index (χ2v) is 9.24. The second kappa shape index (κ2) is 9.48. The molecule has 4 heterocycles. The predicted molar refractivity (Wildman–Crippen MR) is 134 cm³/mol. The molecule has 1 aliphatic heterocycles. The number of benzene rings is 1. The van der Waals surface area contributed by atoms with Gasteiger partial charge in [-0.2, -0.15) is 0 Å². The normalized spacial score (nSPS) is 17.5. The van der Waals surface area contributed by atoms with Crippen molar-refractivity contribution in [2.24, 2.45) is 0 Å². The minimum Gasteiger partial charge on any atom is -0.341 e. The SMILES string of the molecule is CN[C@@H](C)c1ncc(-c2ccc(-c3ncc(-c4cnc([C@@H]5CCCN5C(C)C)[nH]4)cn3)cc2)[nH]1. The van der Waals surface area contributed by atoms with Crippen LogP contribution in [0.2, 0.25) is 0 Å². The molecule has 176 valence electrons. The third-order valence-electron chi connectivity index (χ3n) is 6.72. The summed E-state index contributed by atoms with van der Waals surface area (Å²) < 4.78 is 0. The third kappa shape index (κ3) is 4.38. The van der Waals surface area contributed by atoms with E-state index in [9.17, 15) is 0 Å². The van der Waals surface area contributed by atoms with E-state index in [0.29, 0.717) is 17.9 Å². The molecule has 8 nitrogen and oxygen atoms in total. The molecule has 1 aliphatic rings. The number of hydrogen-bond donors (Lipinski definition) is 3. The standard InChI is InChI=1S/C26H32N8/c1-16(2)34-11-5-6-23(34)26-31-15-22(33-26)20-12-28-25(29-13-20)19-9-7-18(8-10-19)21-14-30-24(32-21)17(3)27-4/h7-10,12-17,23,27H,5-6,11H2,1-4H3,(H,30,32)(H,31,33)/t17-,23-/m0/s1. The second-order valence-electron chi connectivity index (χ2n) is 9.24. The van der Waals surface area contributed by atoms with Gasteiger partial charge >= 0.3 is 0 Å². The molecule has 1 saturated heterocycles. The van der Waals surface area contributed by atoms with E-state index < -0.39 is 0 Å². The number of H-pyrrole nitrogens is 2. The Morgan fingerprint density at radius 1 is 0.853 bits per heavy atom. The molecule has 3 aromatic heterocycles. The maximum atomic E-state index is 4.68. The molecule has 0 saturated carbocycles. The first-order valence-electron chi connectivity index (χ1n) is 12.0. The smallest absolute Gasteiger partial charge is 0.159 e. The van der Waals surface area contributed by atoms with Gasteiger partial charge in [-0.15, -0.1) is 0 Å². The molecule has 0 unspecified atom stereocenters. The summed E-state index contributed by atoms with van der Waals surface area (Å²) in [6, 6.07) is 9.27. The van der Waals surface area contributed by atoms with Crippen molar-refractivity contribution in [1.82, 2.24) is 40.1 Å². The molecule has 0 amide bonds. The van der Waals surface area contributed by atoms with Crippen LogP contribution in [0.25, 0.3) is 33.9 Å².